The van der Waals surface area contributed by atoms with Gasteiger partial charge in [-0.2, -0.15) is 0 Å². The van der Waals surface area contributed by atoms with Crippen molar-refractivity contribution in [1.29, 1.82) is 0 Å². The third-order valence-corrected chi connectivity index (χ3v) is 2.01. The average Bonchev–Trinajstić information content (AvgIpc) is 2.17. The molecular weight excluding hydrogens is 192 g/mol. The summed E-state index contributed by atoms with van der Waals surface area (Å²) < 4.78 is 0. The molecule has 0 heterocycles. The summed E-state index contributed by atoms with van der Waals surface area (Å²) in [6, 6.07) is 6.48. The number of likely N-dealkylation sites (N-methyl/N-ethyl adjacent to an activating group) is 1. The second-order valence-corrected chi connectivity index (χ2v) is 3.59. The molecule has 0 bridgehead atoms. The van der Waals surface area contributed by atoms with Crippen LogP contribution in [-0.2, 0) is 0 Å². The lowest BCUT2D eigenvalue weighted by atomic mass is 10.2. The number of rotatable bonds is 4. The Labute approximate surface area is 89.0 Å². The van der Waals surface area contributed by atoms with E-state index >= 15 is 0 Å². The van der Waals surface area contributed by atoms with Crippen molar-refractivity contribution in [2.24, 2.45) is 0 Å². The molecule has 1 rings (SSSR count). The zero-order valence-corrected chi connectivity index (χ0v) is 8.93. The highest BCUT2D eigenvalue weighted by atomic mass is 16.6. The predicted octanol–water partition coefficient (Wildman–Crippen LogP) is 2.61. The predicted molar refractivity (Wildman–Crippen MR) is 61.2 cm³/mol. The molecule has 0 N–H and O–H groups in total. The van der Waals surface area contributed by atoms with E-state index in [1.807, 2.05) is 18.9 Å². The number of nitro benzene ring substituents is 1. The molecule has 4 nitrogen and oxygen atoms in total. The van der Waals surface area contributed by atoms with Crippen molar-refractivity contribution in [2.45, 2.75) is 6.92 Å². The lowest BCUT2D eigenvalue weighted by Crippen LogP contribution is -2.18. The Hall–Kier alpha value is -1.84. The lowest BCUT2D eigenvalue weighted by Gasteiger charge is -2.18. The third-order valence-electron chi connectivity index (χ3n) is 2.01. The minimum absolute atomic E-state index is 0.113. The maximum Gasteiger partial charge on any atom is 0.269 e. The first kappa shape index (κ1) is 11.2. The minimum Gasteiger partial charge on any atom is -0.371 e. The Morgan fingerprint density at radius 3 is 2.40 bits per heavy atom. The molecule has 0 atom stereocenters. The van der Waals surface area contributed by atoms with Gasteiger partial charge in [-0.3, -0.25) is 10.1 Å². The van der Waals surface area contributed by atoms with Crippen LogP contribution in [0.25, 0.3) is 0 Å². The van der Waals surface area contributed by atoms with Gasteiger partial charge in [-0.05, 0) is 19.1 Å². The molecule has 0 fully saturated rings. The fourth-order valence-corrected chi connectivity index (χ4v) is 1.32. The molecule has 0 aliphatic heterocycles. The van der Waals surface area contributed by atoms with E-state index in [4.69, 9.17) is 0 Å². The summed E-state index contributed by atoms with van der Waals surface area (Å²) in [6.45, 7) is 6.51. The van der Waals surface area contributed by atoms with Crippen molar-refractivity contribution < 1.29 is 4.92 Å². The van der Waals surface area contributed by atoms with E-state index in [1.165, 1.54) is 12.1 Å². The quantitative estimate of drug-likeness (QED) is 0.432. The van der Waals surface area contributed by atoms with Gasteiger partial charge in [0.05, 0.1) is 4.92 Å². The average molecular weight is 206 g/mol. The van der Waals surface area contributed by atoms with Crippen LogP contribution < -0.4 is 4.90 Å². The fraction of sp³-hybridized carbons (Fsp3) is 0.273. The number of non-ortho nitro benzene ring substituents is 1. The summed E-state index contributed by atoms with van der Waals surface area (Å²) in [5, 5.41) is 10.4. The van der Waals surface area contributed by atoms with Crippen molar-refractivity contribution in [1.82, 2.24) is 0 Å². The number of hydrogen-bond acceptors (Lipinski definition) is 3. The van der Waals surface area contributed by atoms with E-state index in [2.05, 4.69) is 6.58 Å². The summed E-state index contributed by atoms with van der Waals surface area (Å²) in [7, 11) is 1.93. The highest BCUT2D eigenvalue weighted by Gasteiger charge is 2.06. The standard InChI is InChI=1S/C11H14N2O2/c1-9(2)8-12(3)10-4-6-11(7-5-10)13(14)15/h4-7H,1,8H2,2-3H3. The van der Waals surface area contributed by atoms with Gasteiger partial charge in [0.2, 0.25) is 0 Å². The van der Waals surface area contributed by atoms with E-state index in [0.29, 0.717) is 0 Å². The molecule has 0 aromatic heterocycles. The summed E-state index contributed by atoms with van der Waals surface area (Å²) in [5.74, 6) is 0. The van der Waals surface area contributed by atoms with Crippen molar-refractivity contribution >= 4 is 11.4 Å². The van der Waals surface area contributed by atoms with Crippen LogP contribution in [0.1, 0.15) is 6.92 Å². The molecule has 80 valence electrons. The molecule has 0 saturated carbocycles. The third kappa shape index (κ3) is 3.09. The Morgan fingerprint density at radius 1 is 1.47 bits per heavy atom. The molecule has 15 heavy (non-hydrogen) atoms. The van der Waals surface area contributed by atoms with Crippen LogP contribution >= 0.6 is 0 Å². The molecule has 0 aliphatic rings. The van der Waals surface area contributed by atoms with Crippen molar-refractivity contribution in [2.75, 3.05) is 18.5 Å². The first-order valence-corrected chi connectivity index (χ1v) is 4.60. The Morgan fingerprint density at radius 2 is 2.00 bits per heavy atom. The minimum atomic E-state index is -0.400. The highest BCUT2D eigenvalue weighted by molar-refractivity contribution is 5.50. The first-order chi connectivity index (χ1) is 7.00. The second kappa shape index (κ2) is 4.59. The second-order valence-electron chi connectivity index (χ2n) is 3.59. The van der Waals surface area contributed by atoms with E-state index in [-0.39, 0.29) is 5.69 Å². The Balaban J connectivity index is 2.79. The van der Waals surface area contributed by atoms with Gasteiger partial charge in [-0.15, -0.1) is 0 Å². The Kier molecular flexibility index (Phi) is 3.44. The molecule has 4 heteroatoms. The van der Waals surface area contributed by atoms with Gasteiger partial charge in [-0.1, -0.05) is 12.2 Å². The van der Waals surface area contributed by atoms with Gasteiger partial charge in [-0.25, -0.2) is 0 Å². The molecule has 0 unspecified atom stereocenters. The van der Waals surface area contributed by atoms with Crippen molar-refractivity contribution in [3.8, 4) is 0 Å². The van der Waals surface area contributed by atoms with Gasteiger partial charge in [0.25, 0.3) is 5.69 Å². The summed E-state index contributed by atoms with van der Waals surface area (Å²) in [4.78, 5) is 12.0. The van der Waals surface area contributed by atoms with E-state index in [9.17, 15) is 10.1 Å². The zero-order valence-electron chi connectivity index (χ0n) is 8.93. The molecule has 0 radical (unpaired) electrons. The largest absolute Gasteiger partial charge is 0.371 e. The maximum atomic E-state index is 10.4. The smallest absolute Gasteiger partial charge is 0.269 e. The Bertz CT molecular complexity index is 371. The molecule has 0 spiro atoms. The zero-order chi connectivity index (χ0) is 11.4. The molecule has 1 aromatic rings. The van der Waals surface area contributed by atoms with Crippen LogP contribution in [0.4, 0.5) is 11.4 Å². The van der Waals surface area contributed by atoms with E-state index in [0.717, 1.165) is 17.8 Å². The van der Waals surface area contributed by atoms with Crippen LogP contribution in [0, 0.1) is 10.1 Å². The van der Waals surface area contributed by atoms with Gasteiger partial charge in [0.15, 0.2) is 0 Å². The van der Waals surface area contributed by atoms with Gasteiger partial charge in [0, 0.05) is 31.4 Å². The molecular formula is C11H14N2O2. The molecule has 0 aliphatic carbocycles. The normalized spacial score (nSPS) is 9.73. The fourth-order valence-electron chi connectivity index (χ4n) is 1.32. The van der Waals surface area contributed by atoms with Crippen LogP contribution in [0.5, 0.6) is 0 Å². The monoisotopic (exact) mass is 206 g/mol. The van der Waals surface area contributed by atoms with E-state index < -0.39 is 4.92 Å². The first-order valence-electron chi connectivity index (χ1n) is 4.60. The summed E-state index contributed by atoms with van der Waals surface area (Å²) >= 11 is 0. The number of nitrogens with zero attached hydrogens (tertiary/aromatic N) is 2. The number of anilines is 1. The molecule has 0 saturated heterocycles. The van der Waals surface area contributed by atoms with Crippen molar-refractivity contribution in [3.63, 3.8) is 0 Å². The van der Waals surface area contributed by atoms with Crippen LogP contribution in [0.3, 0.4) is 0 Å². The summed E-state index contributed by atoms with van der Waals surface area (Å²) in [5.41, 5.74) is 2.11. The van der Waals surface area contributed by atoms with Crippen LogP contribution in [-0.4, -0.2) is 18.5 Å². The van der Waals surface area contributed by atoms with Gasteiger partial charge in [0.1, 0.15) is 0 Å². The molecule has 0 amide bonds. The molecule has 1 aromatic carbocycles. The highest BCUT2D eigenvalue weighted by Crippen LogP contribution is 2.18. The van der Waals surface area contributed by atoms with Crippen molar-refractivity contribution in [3.05, 3.63) is 46.5 Å². The maximum absolute atomic E-state index is 10.4. The summed E-state index contributed by atoms with van der Waals surface area (Å²) in [6.07, 6.45) is 0. The lowest BCUT2D eigenvalue weighted by molar-refractivity contribution is -0.384. The van der Waals surface area contributed by atoms with E-state index in [1.54, 1.807) is 12.1 Å². The van der Waals surface area contributed by atoms with Gasteiger partial charge >= 0.3 is 0 Å². The van der Waals surface area contributed by atoms with Crippen LogP contribution in [0.2, 0.25) is 0 Å². The topological polar surface area (TPSA) is 46.4 Å². The number of nitro groups is 1. The number of benzene rings is 1. The number of hydrogen-bond donors (Lipinski definition) is 0. The SMILES string of the molecule is C=C(C)CN(C)c1ccc([N+](=O)[O-])cc1. The van der Waals surface area contributed by atoms with Crippen LogP contribution in [0.15, 0.2) is 36.4 Å². The van der Waals surface area contributed by atoms with Gasteiger partial charge < -0.3 is 4.90 Å².